The van der Waals surface area contributed by atoms with Crippen LogP contribution in [-0.2, 0) is 13.0 Å². The second kappa shape index (κ2) is 6.54. The molecular formula is C14H21BrN4O. The predicted molar refractivity (Wildman–Crippen MR) is 81.7 cm³/mol. The number of hydrogen-bond acceptors (Lipinski definition) is 4. The third-order valence-electron chi connectivity index (χ3n) is 3.32. The molecule has 0 spiro atoms. The summed E-state index contributed by atoms with van der Waals surface area (Å²) in [5.41, 5.74) is 2.19. The average molecular weight is 341 g/mol. The molecule has 0 radical (unpaired) electrons. The van der Waals surface area contributed by atoms with Gasteiger partial charge in [0.15, 0.2) is 0 Å². The molecule has 110 valence electrons. The van der Waals surface area contributed by atoms with Gasteiger partial charge in [0.05, 0.1) is 22.9 Å². The van der Waals surface area contributed by atoms with Crippen LogP contribution in [0.25, 0.3) is 0 Å². The molecule has 6 heteroatoms. The molecule has 0 saturated heterocycles. The number of halogens is 1. The number of aryl methyl sites for hydroxylation is 2. The van der Waals surface area contributed by atoms with E-state index < -0.39 is 0 Å². The minimum atomic E-state index is 0.345. The molecule has 0 bridgehead atoms. The summed E-state index contributed by atoms with van der Waals surface area (Å²) in [6.45, 7) is 9.15. The van der Waals surface area contributed by atoms with Crippen LogP contribution in [0.2, 0.25) is 0 Å². The molecule has 0 fully saturated rings. The molecule has 0 unspecified atom stereocenters. The normalized spacial score (nSPS) is 14.4. The largest absolute Gasteiger partial charge is 0.361 e. The third kappa shape index (κ3) is 3.93. The van der Waals surface area contributed by atoms with Crippen molar-refractivity contribution in [2.45, 2.75) is 52.7 Å². The zero-order valence-corrected chi connectivity index (χ0v) is 13.9. The lowest BCUT2D eigenvalue weighted by Gasteiger charge is -2.20. The Balaban J connectivity index is 1.86. The summed E-state index contributed by atoms with van der Waals surface area (Å²) in [5.74, 6) is 0.916. The van der Waals surface area contributed by atoms with Crippen molar-refractivity contribution >= 4 is 15.9 Å². The van der Waals surface area contributed by atoms with Crippen molar-refractivity contribution in [1.82, 2.24) is 20.3 Å². The highest BCUT2D eigenvalue weighted by atomic mass is 79.9. The highest BCUT2D eigenvalue weighted by Crippen LogP contribution is 2.14. The van der Waals surface area contributed by atoms with Crippen LogP contribution in [0.3, 0.4) is 0 Å². The van der Waals surface area contributed by atoms with Crippen molar-refractivity contribution in [2.75, 3.05) is 0 Å². The van der Waals surface area contributed by atoms with Gasteiger partial charge in [-0.1, -0.05) is 5.16 Å². The number of nitrogens with one attached hydrogen (secondary N) is 1. The first-order valence-corrected chi connectivity index (χ1v) is 7.60. The minimum Gasteiger partial charge on any atom is -0.361 e. The van der Waals surface area contributed by atoms with Crippen molar-refractivity contribution in [3.8, 4) is 0 Å². The summed E-state index contributed by atoms with van der Waals surface area (Å²) in [7, 11) is 0. The number of aromatic nitrogens is 3. The molecule has 0 aliphatic rings. The standard InChI is InChI=1S/C14H21BrN4O/c1-9(5-14-11(3)18-20-12(14)4)17-10(2)7-19-8-13(15)6-16-19/h6,8-10,17H,5,7H2,1-4H3/t9-,10+/m1/s1. The van der Waals surface area contributed by atoms with Crippen LogP contribution < -0.4 is 5.32 Å². The average Bonchev–Trinajstić information content (AvgIpc) is 2.89. The van der Waals surface area contributed by atoms with E-state index in [-0.39, 0.29) is 0 Å². The van der Waals surface area contributed by atoms with Crippen LogP contribution in [0.5, 0.6) is 0 Å². The Bertz CT molecular complexity index is 544. The van der Waals surface area contributed by atoms with Gasteiger partial charge in [-0.05, 0) is 50.0 Å². The molecule has 2 heterocycles. The van der Waals surface area contributed by atoms with Gasteiger partial charge < -0.3 is 9.84 Å². The number of nitrogens with zero attached hydrogens (tertiary/aromatic N) is 3. The molecule has 2 aromatic rings. The van der Waals surface area contributed by atoms with E-state index in [0.29, 0.717) is 12.1 Å². The molecule has 1 N–H and O–H groups in total. The fourth-order valence-electron chi connectivity index (χ4n) is 2.42. The summed E-state index contributed by atoms with van der Waals surface area (Å²) in [6.07, 6.45) is 4.71. The minimum absolute atomic E-state index is 0.345. The summed E-state index contributed by atoms with van der Waals surface area (Å²) in [6, 6.07) is 0.707. The molecular weight excluding hydrogens is 320 g/mol. The lowest BCUT2D eigenvalue weighted by Crippen LogP contribution is -2.38. The lowest BCUT2D eigenvalue weighted by molar-refractivity contribution is 0.388. The van der Waals surface area contributed by atoms with Gasteiger partial charge in [-0.3, -0.25) is 4.68 Å². The van der Waals surface area contributed by atoms with E-state index in [9.17, 15) is 0 Å². The van der Waals surface area contributed by atoms with Crippen molar-refractivity contribution < 1.29 is 4.52 Å². The Hall–Kier alpha value is -1.14. The van der Waals surface area contributed by atoms with E-state index in [1.54, 1.807) is 6.20 Å². The van der Waals surface area contributed by atoms with Crippen LogP contribution in [0.1, 0.15) is 30.9 Å². The van der Waals surface area contributed by atoms with Crippen molar-refractivity contribution in [3.05, 3.63) is 33.9 Å². The SMILES string of the molecule is Cc1noc(C)c1C[C@@H](C)N[C@@H](C)Cn1cc(Br)cn1. The van der Waals surface area contributed by atoms with Crippen LogP contribution >= 0.6 is 15.9 Å². The summed E-state index contributed by atoms with van der Waals surface area (Å²) < 4.78 is 8.15. The van der Waals surface area contributed by atoms with Gasteiger partial charge in [0, 0.05) is 23.8 Å². The van der Waals surface area contributed by atoms with E-state index in [1.807, 2.05) is 24.7 Å². The summed E-state index contributed by atoms with van der Waals surface area (Å²) >= 11 is 3.41. The Kier molecular flexibility index (Phi) is 4.99. The molecule has 2 aromatic heterocycles. The maximum Gasteiger partial charge on any atom is 0.137 e. The molecule has 20 heavy (non-hydrogen) atoms. The fourth-order valence-corrected chi connectivity index (χ4v) is 2.74. The van der Waals surface area contributed by atoms with Gasteiger partial charge in [-0.2, -0.15) is 5.10 Å². The number of rotatable bonds is 6. The van der Waals surface area contributed by atoms with Crippen LogP contribution in [-0.4, -0.2) is 27.0 Å². The lowest BCUT2D eigenvalue weighted by atomic mass is 10.1. The molecule has 0 aliphatic heterocycles. The van der Waals surface area contributed by atoms with Gasteiger partial charge in [-0.15, -0.1) is 0 Å². The van der Waals surface area contributed by atoms with E-state index in [1.165, 1.54) is 5.56 Å². The quantitative estimate of drug-likeness (QED) is 0.878. The molecule has 2 atom stereocenters. The maximum atomic E-state index is 5.20. The van der Waals surface area contributed by atoms with E-state index in [0.717, 1.165) is 28.9 Å². The van der Waals surface area contributed by atoms with Gasteiger partial charge in [0.25, 0.3) is 0 Å². The van der Waals surface area contributed by atoms with Crippen molar-refractivity contribution in [3.63, 3.8) is 0 Å². The Morgan fingerprint density at radius 3 is 2.65 bits per heavy atom. The Morgan fingerprint density at radius 1 is 1.35 bits per heavy atom. The topological polar surface area (TPSA) is 55.9 Å². The van der Waals surface area contributed by atoms with Gasteiger partial charge in [-0.25, -0.2) is 0 Å². The molecule has 0 saturated carbocycles. The number of hydrogen-bond donors (Lipinski definition) is 1. The molecule has 2 rings (SSSR count). The highest BCUT2D eigenvalue weighted by molar-refractivity contribution is 9.10. The Labute approximate surface area is 127 Å². The van der Waals surface area contributed by atoms with E-state index >= 15 is 0 Å². The first kappa shape index (κ1) is 15.3. The fraction of sp³-hybridized carbons (Fsp3) is 0.571. The maximum absolute atomic E-state index is 5.20. The smallest absolute Gasteiger partial charge is 0.137 e. The molecule has 5 nitrogen and oxygen atoms in total. The zero-order valence-electron chi connectivity index (χ0n) is 12.4. The van der Waals surface area contributed by atoms with Crippen LogP contribution in [0.15, 0.2) is 21.4 Å². The highest BCUT2D eigenvalue weighted by Gasteiger charge is 2.14. The van der Waals surface area contributed by atoms with Crippen LogP contribution in [0, 0.1) is 13.8 Å². The van der Waals surface area contributed by atoms with Gasteiger partial charge in [0.1, 0.15) is 5.76 Å². The first-order valence-electron chi connectivity index (χ1n) is 6.81. The monoisotopic (exact) mass is 340 g/mol. The van der Waals surface area contributed by atoms with Crippen molar-refractivity contribution in [1.29, 1.82) is 0 Å². The third-order valence-corrected chi connectivity index (χ3v) is 3.73. The molecule has 0 aromatic carbocycles. The zero-order chi connectivity index (χ0) is 14.7. The summed E-state index contributed by atoms with van der Waals surface area (Å²) in [5, 5.41) is 11.9. The van der Waals surface area contributed by atoms with E-state index in [2.05, 4.69) is 45.3 Å². The van der Waals surface area contributed by atoms with Gasteiger partial charge in [0.2, 0.25) is 0 Å². The molecule has 0 aliphatic carbocycles. The molecule has 0 amide bonds. The second-order valence-corrected chi connectivity index (χ2v) is 6.27. The Morgan fingerprint density at radius 2 is 2.10 bits per heavy atom. The van der Waals surface area contributed by atoms with Crippen molar-refractivity contribution in [2.24, 2.45) is 0 Å². The second-order valence-electron chi connectivity index (χ2n) is 5.36. The van der Waals surface area contributed by atoms with Crippen LogP contribution in [0.4, 0.5) is 0 Å². The summed E-state index contributed by atoms with van der Waals surface area (Å²) in [4.78, 5) is 0. The van der Waals surface area contributed by atoms with E-state index in [4.69, 9.17) is 4.52 Å². The predicted octanol–water partition coefficient (Wildman–Crippen LogP) is 2.86. The first-order chi connectivity index (χ1) is 9.45. The van der Waals surface area contributed by atoms with Gasteiger partial charge >= 0.3 is 0 Å².